The zero-order valence-electron chi connectivity index (χ0n) is 22.3. The van der Waals surface area contributed by atoms with Crippen molar-refractivity contribution in [2.45, 2.75) is 20.8 Å². The first kappa shape index (κ1) is 24.4. The summed E-state index contributed by atoms with van der Waals surface area (Å²) in [5.74, 6) is 1.39. The van der Waals surface area contributed by atoms with E-state index in [9.17, 15) is 4.79 Å². The van der Waals surface area contributed by atoms with E-state index in [1.54, 1.807) is 4.90 Å². The largest absolute Gasteiger partial charge is 0.449 e. The van der Waals surface area contributed by atoms with E-state index in [0.717, 1.165) is 65.7 Å². The van der Waals surface area contributed by atoms with Crippen LogP contribution in [0.1, 0.15) is 17.0 Å². The molecule has 0 unspecified atom stereocenters. The molecule has 0 bridgehead atoms. The SMILES string of the molecule is Cc1cc(-c2[nH]c3cc(-c4ccc(N5CCN(C(=O)OCC6CNC6)CC5)nc4)ccc3c2C)cc(C)n1. The van der Waals surface area contributed by atoms with E-state index < -0.39 is 0 Å². The van der Waals surface area contributed by atoms with Crippen molar-refractivity contribution in [3.05, 3.63) is 65.6 Å². The molecule has 2 aliphatic heterocycles. The highest BCUT2D eigenvalue weighted by atomic mass is 16.6. The summed E-state index contributed by atoms with van der Waals surface area (Å²) in [4.78, 5) is 29.3. The second kappa shape index (κ2) is 10.1. The quantitative estimate of drug-likeness (QED) is 0.405. The number of amides is 1. The van der Waals surface area contributed by atoms with E-state index in [1.807, 2.05) is 20.0 Å². The lowest BCUT2D eigenvalue weighted by atomic mass is 10.0. The van der Waals surface area contributed by atoms with Crippen LogP contribution in [-0.4, -0.2) is 71.8 Å². The minimum atomic E-state index is -0.202. The number of piperazine rings is 1. The molecular weight excluding hydrogens is 476 g/mol. The Morgan fingerprint density at radius 2 is 1.68 bits per heavy atom. The number of aryl methyl sites for hydroxylation is 3. The molecule has 2 aliphatic rings. The number of rotatable bonds is 5. The highest BCUT2D eigenvalue weighted by molar-refractivity contribution is 5.93. The van der Waals surface area contributed by atoms with Gasteiger partial charge in [-0.2, -0.15) is 0 Å². The summed E-state index contributed by atoms with van der Waals surface area (Å²) < 4.78 is 5.47. The van der Waals surface area contributed by atoms with Gasteiger partial charge in [-0.15, -0.1) is 0 Å². The van der Waals surface area contributed by atoms with Crippen LogP contribution >= 0.6 is 0 Å². The van der Waals surface area contributed by atoms with E-state index in [0.29, 0.717) is 25.6 Å². The molecule has 1 amide bonds. The lowest BCUT2D eigenvalue weighted by Crippen LogP contribution is -2.50. The number of fused-ring (bicyclic) bond motifs is 1. The molecule has 8 heteroatoms. The zero-order valence-corrected chi connectivity index (χ0v) is 22.3. The Hall–Kier alpha value is -3.91. The van der Waals surface area contributed by atoms with Gasteiger partial charge in [0.25, 0.3) is 0 Å². The summed E-state index contributed by atoms with van der Waals surface area (Å²) in [5.41, 5.74) is 8.91. The molecular formula is C30H34N6O2. The summed E-state index contributed by atoms with van der Waals surface area (Å²) in [6.45, 7) is 11.4. The number of hydrogen-bond donors (Lipinski definition) is 2. The lowest BCUT2D eigenvalue weighted by Gasteiger charge is -2.35. The summed E-state index contributed by atoms with van der Waals surface area (Å²) in [6.07, 6.45) is 1.74. The number of benzene rings is 1. The highest BCUT2D eigenvalue weighted by Crippen LogP contribution is 2.33. The van der Waals surface area contributed by atoms with Gasteiger partial charge in [-0.25, -0.2) is 9.78 Å². The van der Waals surface area contributed by atoms with Crippen LogP contribution in [0, 0.1) is 26.7 Å². The molecule has 1 aromatic carbocycles. The number of aromatic amines is 1. The molecule has 5 heterocycles. The van der Waals surface area contributed by atoms with Gasteiger partial charge in [-0.05, 0) is 62.2 Å². The zero-order chi connectivity index (χ0) is 26.2. The third-order valence-corrected chi connectivity index (χ3v) is 7.68. The molecule has 2 N–H and O–H groups in total. The predicted octanol–water partition coefficient (Wildman–Crippen LogP) is 4.70. The summed E-state index contributed by atoms with van der Waals surface area (Å²) in [6, 6.07) is 15.0. The minimum absolute atomic E-state index is 0.202. The van der Waals surface area contributed by atoms with Crippen molar-refractivity contribution in [2.75, 3.05) is 50.8 Å². The number of pyridine rings is 2. The molecule has 0 saturated carbocycles. The van der Waals surface area contributed by atoms with Crippen LogP contribution in [-0.2, 0) is 4.74 Å². The molecule has 38 heavy (non-hydrogen) atoms. The average Bonchev–Trinajstić information content (AvgIpc) is 3.23. The topological polar surface area (TPSA) is 86.4 Å². The van der Waals surface area contributed by atoms with Crippen LogP contribution in [0.5, 0.6) is 0 Å². The summed E-state index contributed by atoms with van der Waals surface area (Å²) in [7, 11) is 0. The molecule has 8 nitrogen and oxygen atoms in total. The van der Waals surface area contributed by atoms with Gasteiger partial charge in [0.2, 0.25) is 0 Å². The molecule has 196 valence electrons. The molecule has 4 aromatic rings. The highest BCUT2D eigenvalue weighted by Gasteiger charge is 2.25. The number of anilines is 1. The van der Waals surface area contributed by atoms with Gasteiger partial charge in [-0.3, -0.25) is 4.98 Å². The predicted molar refractivity (Wildman–Crippen MR) is 150 cm³/mol. The first-order valence-electron chi connectivity index (χ1n) is 13.4. The van der Waals surface area contributed by atoms with Crippen molar-refractivity contribution in [1.82, 2.24) is 25.2 Å². The average molecular weight is 511 g/mol. The number of hydrogen-bond acceptors (Lipinski definition) is 6. The number of H-pyrrole nitrogens is 1. The minimum Gasteiger partial charge on any atom is -0.449 e. The molecule has 2 saturated heterocycles. The lowest BCUT2D eigenvalue weighted by molar-refractivity contribution is 0.0759. The Balaban J connectivity index is 1.13. The molecule has 2 fully saturated rings. The fourth-order valence-electron chi connectivity index (χ4n) is 5.39. The smallest absolute Gasteiger partial charge is 0.409 e. The maximum atomic E-state index is 12.4. The Kier molecular flexibility index (Phi) is 6.49. The van der Waals surface area contributed by atoms with Crippen molar-refractivity contribution < 1.29 is 9.53 Å². The van der Waals surface area contributed by atoms with Gasteiger partial charge in [0.15, 0.2) is 0 Å². The number of nitrogens with zero attached hydrogens (tertiary/aromatic N) is 4. The van der Waals surface area contributed by atoms with Crippen LogP contribution in [0.15, 0.2) is 48.7 Å². The number of carbonyl (C=O) groups is 1. The van der Waals surface area contributed by atoms with Crippen molar-refractivity contribution in [1.29, 1.82) is 0 Å². The van der Waals surface area contributed by atoms with E-state index in [4.69, 9.17) is 9.72 Å². The van der Waals surface area contributed by atoms with E-state index in [2.05, 4.69) is 69.6 Å². The van der Waals surface area contributed by atoms with Gasteiger partial charge in [0.05, 0.1) is 6.61 Å². The molecule has 0 radical (unpaired) electrons. The Morgan fingerprint density at radius 3 is 2.34 bits per heavy atom. The Morgan fingerprint density at radius 1 is 0.947 bits per heavy atom. The summed E-state index contributed by atoms with van der Waals surface area (Å²) in [5, 5.41) is 4.42. The Bertz CT molecular complexity index is 1450. The van der Waals surface area contributed by atoms with Gasteiger partial charge in [-0.1, -0.05) is 12.1 Å². The third-order valence-electron chi connectivity index (χ3n) is 7.68. The van der Waals surface area contributed by atoms with Crippen molar-refractivity contribution in [3.63, 3.8) is 0 Å². The van der Waals surface area contributed by atoms with Crippen LogP contribution in [0.4, 0.5) is 10.6 Å². The summed E-state index contributed by atoms with van der Waals surface area (Å²) >= 11 is 0. The first-order valence-corrected chi connectivity index (χ1v) is 13.4. The van der Waals surface area contributed by atoms with E-state index in [1.165, 1.54) is 16.5 Å². The van der Waals surface area contributed by atoms with Crippen molar-refractivity contribution >= 4 is 22.8 Å². The van der Waals surface area contributed by atoms with Gasteiger partial charge < -0.3 is 24.8 Å². The number of aromatic nitrogens is 3. The maximum absolute atomic E-state index is 12.4. The van der Waals surface area contributed by atoms with Crippen LogP contribution in [0.25, 0.3) is 33.3 Å². The standard InChI is InChI=1S/C30H34N6O2/c1-19-12-25(13-20(2)33-19)29-21(3)26-6-4-23(14-27(26)34-29)24-5-7-28(32-17-24)35-8-10-36(11-9-35)30(37)38-18-22-15-31-16-22/h4-7,12-14,17,22,31,34H,8-11,15-16,18H2,1-3H3. The van der Waals surface area contributed by atoms with Gasteiger partial charge >= 0.3 is 6.09 Å². The number of carbonyl (C=O) groups excluding carboxylic acids is 1. The van der Waals surface area contributed by atoms with E-state index in [-0.39, 0.29) is 6.09 Å². The van der Waals surface area contributed by atoms with Crippen LogP contribution < -0.4 is 10.2 Å². The number of nitrogens with one attached hydrogen (secondary N) is 2. The molecule has 0 aliphatic carbocycles. The van der Waals surface area contributed by atoms with Gasteiger partial charge in [0.1, 0.15) is 5.82 Å². The maximum Gasteiger partial charge on any atom is 0.409 e. The van der Waals surface area contributed by atoms with Crippen molar-refractivity contribution in [3.8, 4) is 22.4 Å². The second-order valence-corrected chi connectivity index (χ2v) is 10.5. The molecule has 6 rings (SSSR count). The fourth-order valence-corrected chi connectivity index (χ4v) is 5.39. The second-order valence-electron chi connectivity index (χ2n) is 10.5. The van der Waals surface area contributed by atoms with Crippen LogP contribution in [0.3, 0.4) is 0 Å². The third kappa shape index (κ3) is 4.84. The van der Waals surface area contributed by atoms with E-state index >= 15 is 0 Å². The first-order chi connectivity index (χ1) is 18.4. The molecule has 0 atom stereocenters. The molecule has 3 aromatic heterocycles. The normalized spacial score (nSPS) is 16.1. The van der Waals surface area contributed by atoms with Crippen molar-refractivity contribution in [2.24, 2.45) is 5.92 Å². The Labute approximate surface area is 223 Å². The van der Waals surface area contributed by atoms with Crippen LogP contribution in [0.2, 0.25) is 0 Å². The number of ether oxygens (including phenoxy) is 1. The fraction of sp³-hybridized carbons (Fsp3) is 0.367. The van der Waals surface area contributed by atoms with Gasteiger partial charge in [0, 0.05) is 90.5 Å². The monoisotopic (exact) mass is 510 g/mol. The molecule has 0 spiro atoms.